The van der Waals surface area contributed by atoms with E-state index >= 15 is 0 Å². The summed E-state index contributed by atoms with van der Waals surface area (Å²) >= 11 is 10.8. The number of benzene rings is 4. The lowest BCUT2D eigenvalue weighted by atomic mass is 10.1. The zero-order valence-electron chi connectivity index (χ0n) is 22.2. The summed E-state index contributed by atoms with van der Waals surface area (Å²) in [6.07, 6.45) is 1.76. The number of hydrogen-bond acceptors (Lipinski definition) is 4. The second kappa shape index (κ2) is 10.8. The molecule has 7 aromatic rings. The molecule has 0 amide bonds. The molecule has 6 nitrogen and oxygen atoms in total. The van der Waals surface area contributed by atoms with Gasteiger partial charge in [-0.25, -0.2) is 4.98 Å². The minimum absolute atomic E-state index is 0.270. The molecule has 42 heavy (non-hydrogen) atoms. The molecule has 0 aliphatic carbocycles. The average Bonchev–Trinajstić information content (AvgIpc) is 3.52. The molecule has 0 aliphatic heterocycles. The van der Waals surface area contributed by atoms with Gasteiger partial charge in [-0.3, -0.25) is 4.79 Å². The molecule has 3 heterocycles. The second-order valence-electron chi connectivity index (χ2n) is 9.94. The summed E-state index contributed by atoms with van der Waals surface area (Å²) in [6.45, 7) is 2.75. The average molecular weight is 745 g/mol. The Hall–Kier alpha value is -3.79. The highest BCUT2D eigenvalue weighted by atomic mass is 79.9. The fourth-order valence-electron chi connectivity index (χ4n) is 5.27. The molecule has 0 aliphatic rings. The van der Waals surface area contributed by atoms with E-state index in [0.717, 1.165) is 46.5 Å². The van der Waals surface area contributed by atoms with Crippen LogP contribution in [-0.2, 0) is 6.54 Å². The third-order valence-electron chi connectivity index (χ3n) is 7.38. The van der Waals surface area contributed by atoms with Crippen LogP contribution >= 0.6 is 47.8 Å². The van der Waals surface area contributed by atoms with Gasteiger partial charge in [0.2, 0.25) is 5.82 Å². The maximum absolute atomic E-state index is 13.8. The highest BCUT2D eigenvalue weighted by Crippen LogP contribution is 2.31. The second-order valence-corrected chi connectivity index (χ2v) is 12.6. The van der Waals surface area contributed by atoms with E-state index < -0.39 is 0 Å². The van der Waals surface area contributed by atoms with E-state index in [4.69, 9.17) is 14.5 Å². The van der Waals surface area contributed by atoms with Gasteiger partial charge < -0.3 is 8.98 Å². The molecule has 206 valence electrons. The van der Waals surface area contributed by atoms with Gasteiger partial charge in [0.05, 0.1) is 17.1 Å². The molecule has 0 saturated carbocycles. The van der Waals surface area contributed by atoms with Crippen molar-refractivity contribution in [2.24, 2.45) is 5.10 Å². The number of furan rings is 1. The first-order valence-corrected chi connectivity index (χ1v) is 15.5. The highest BCUT2D eigenvalue weighted by Gasteiger charge is 2.18. The smallest absolute Gasteiger partial charge is 0.282 e. The molecule has 0 atom stereocenters. The number of halogens is 3. The van der Waals surface area contributed by atoms with Crippen LogP contribution < -0.4 is 5.56 Å². The van der Waals surface area contributed by atoms with Crippen molar-refractivity contribution >= 4 is 86.8 Å². The van der Waals surface area contributed by atoms with Crippen LogP contribution in [0.3, 0.4) is 0 Å². The van der Waals surface area contributed by atoms with Crippen LogP contribution in [0, 0.1) is 6.92 Å². The summed E-state index contributed by atoms with van der Waals surface area (Å²) < 4.78 is 12.7. The minimum Gasteiger partial charge on any atom is -0.453 e. The fraction of sp³-hybridized carbons (Fsp3) is 0.0606. The molecule has 0 radical (unpaired) electrons. The number of aromatic nitrogens is 3. The Balaban J connectivity index is 1.40. The van der Waals surface area contributed by atoms with E-state index in [2.05, 4.69) is 83.5 Å². The molecule has 4 aromatic carbocycles. The Bertz CT molecular complexity index is 2260. The largest absolute Gasteiger partial charge is 0.453 e. The van der Waals surface area contributed by atoms with E-state index in [-0.39, 0.29) is 5.56 Å². The number of rotatable bonds is 5. The van der Waals surface area contributed by atoms with Crippen LogP contribution in [0.4, 0.5) is 0 Å². The molecular formula is C33H21Br3N4O2. The van der Waals surface area contributed by atoms with Crippen LogP contribution in [0.2, 0.25) is 0 Å². The van der Waals surface area contributed by atoms with Gasteiger partial charge in [0.15, 0.2) is 5.76 Å². The SMILES string of the molecule is Cc1c(C=Nn2c(-c3cc4cc(Br)ccc4o3)nc3ccccc3c2=O)c2ccccc2n1Cc1ccc(Br)cc1Br. The van der Waals surface area contributed by atoms with Gasteiger partial charge in [0, 0.05) is 47.5 Å². The van der Waals surface area contributed by atoms with Crippen molar-refractivity contribution in [3.05, 3.63) is 132 Å². The van der Waals surface area contributed by atoms with Crippen LogP contribution in [0.5, 0.6) is 0 Å². The standard InChI is InChI=1S/C33H21Br3N4O2/c1-19-26(24-6-3-5-9-29(24)39(19)18-20-10-11-23(35)16-27(20)36)17-37-40-32(38-28-8-4-2-7-25(28)33(40)41)31-15-21-14-22(34)12-13-30(21)42-31/h2-17H,18H2,1H3. The van der Waals surface area contributed by atoms with Crippen molar-refractivity contribution in [2.45, 2.75) is 13.5 Å². The van der Waals surface area contributed by atoms with Crippen molar-refractivity contribution in [2.75, 3.05) is 0 Å². The summed E-state index contributed by atoms with van der Waals surface area (Å²) in [5.41, 5.74) is 5.21. The Morgan fingerprint density at radius 1 is 0.881 bits per heavy atom. The van der Waals surface area contributed by atoms with E-state index in [1.54, 1.807) is 12.3 Å². The predicted octanol–water partition coefficient (Wildman–Crippen LogP) is 9.29. The summed E-state index contributed by atoms with van der Waals surface area (Å²) in [5.74, 6) is 0.796. The van der Waals surface area contributed by atoms with E-state index in [0.29, 0.717) is 34.6 Å². The van der Waals surface area contributed by atoms with Crippen LogP contribution in [0.25, 0.3) is 44.4 Å². The molecule has 0 fully saturated rings. The molecule has 0 unspecified atom stereocenters. The first kappa shape index (κ1) is 27.1. The van der Waals surface area contributed by atoms with E-state index in [1.807, 2.05) is 60.7 Å². The van der Waals surface area contributed by atoms with E-state index in [1.165, 1.54) is 4.68 Å². The summed E-state index contributed by atoms with van der Waals surface area (Å²) in [6, 6.07) is 29.4. The van der Waals surface area contributed by atoms with E-state index in [9.17, 15) is 4.79 Å². The Labute approximate surface area is 265 Å². The quantitative estimate of drug-likeness (QED) is 0.165. The van der Waals surface area contributed by atoms with Gasteiger partial charge in [-0.15, -0.1) is 0 Å². The van der Waals surface area contributed by atoms with Crippen LogP contribution in [-0.4, -0.2) is 20.4 Å². The molecule has 0 spiro atoms. The third kappa shape index (κ3) is 4.75. The Kier molecular flexibility index (Phi) is 6.96. The lowest BCUT2D eigenvalue weighted by Crippen LogP contribution is -2.20. The zero-order chi connectivity index (χ0) is 29.0. The summed E-state index contributed by atoms with van der Waals surface area (Å²) in [7, 11) is 0. The van der Waals surface area contributed by atoms with Crippen molar-refractivity contribution in [3.8, 4) is 11.6 Å². The summed E-state index contributed by atoms with van der Waals surface area (Å²) in [5, 5.41) is 7.20. The number of hydrogen-bond donors (Lipinski definition) is 0. The maximum atomic E-state index is 13.8. The fourth-order valence-corrected chi connectivity index (χ4v) is 6.83. The van der Waals surface area contributed by atoms with Crippen molar-refractivity contribution in [1.82, 2.24) is 14.2 Å². The molecule has 3 aromatic heterocycles. The Morgan fingerprint density at radius 2 is 1.62 bits per heavy atom. The summed E-state index contributed by atoms with van der Waals surface area (Å²) in [4.78, 5) is 18.6. The van der Waals surface area contributed by atoms with Gasteiger partial charge in [-0.2, -0.15) is 9.78 Å². The maximum Gasteiger partial charge on any atom is 0.282 e. The van der Waals surface area contributed by atoms with Crippen molar-refractivity contribution in [1.29, 1.82) is 0 Å². The molecule has 0 saturated heterocycles. The van der Waals surface area contributed by atoms with Crippen molar-refractivity contribution in [3.63, 3.8) is 0 Å². The third-order valence-corrected chi connectivity index (χ3v) is 9.10. The lowest BCUT2D eigenvalue weighted by Gasteiger charge is -2.11. The first-order valence-electron chi connectivity index (χ1n) is 13.1. The van der Waals surface area contributed by atoms with Gasteiger partial charge in [0.1, 0.15) is 5.58 Å². The van der Waals surface area contributed by atoms with Crippen molar-refractivity contribution < 1.29 is 4.42 Å². The monoisotopic (exact) mass is 742 g/mol. The van der Waals surface area contributed by atoms with Crippen LogP contribution in [0.1, 0.15) is 16.8 Å². The molecular weight excluding hydrogens is 724 g/mol. The normalized spacial score (nSPS) is 11.9. The van der Waals surface area contributed by atoms with Gasteiger partial charge in [-0.05, 0) is 67.1 Å². The number of para-hydroxylation sites is 2. The number of fused-ring (bicyclic) bond motifs is 3. The lowest BCUT2D eigenvalue weighted by molar-refractivity contribution is 0.616. The molecule has 0 bridgehead atoms. The predicted molar refractivity (Wildman–Crippen MR) is 180 cm³/mol. The molecule has 0 N–H and O–H groups in total. The first-order chi connectivity index (χ1) is 20.4. The number of nitrogens with zero attached hydrogens (tertiary/aromatic N) is 4. The van der Waals surface area contributed by atoms with Crippen LogP contribution in [0.15, 0.2) is 119 Å². The molecule has 7 rings (SSSR count). The van der Waals surface area contributed by atoms with Gasteiger partial charge >= 0.3 is 0 Å². The Morgan fingerprint density at radius 3 is 2.45 bits per heavy atom. The zero-order valence-corrected chi connectivity index (χ0v) is 26.9. The highest BCUT2D eigenvalue weighted by molar-refractivity contribution is 9.11. The topological polar surface area (TPSA) is 65.3 Å². The minimum atomic E-state index is -0.270. The van der Waals surface area contributed by atoms with Gasteiger partial charge in [0.25, 0.3) is 5.56 Å². The van der Waals surface area contributed by atoms with Gasteiger partial charge in [-0.1, -0.05) is 84.2 Å². The molecule has 9 heteroatoms.